The summed E-state index contributed by atoms with van der Waals surface area (Å²) in [5.41, 5.74) is 7.24. The molecule has 0 saturated carbocycles. The second-order valence-corrected chi connectivity index (χ2v) is 17.9. The van der Waals surface area contributed by atoms with E-state index in [1.54, 1.807) is 0 Å². The van der Waals surface area contributed by atoms with Crippen LogP contribution in [0.4, 0.5) is 0 Å². The van der Waals surface area contributed by atoms with E-state index in [1.807, 2.05) is 45.9 Å². The minimum Gasteiger partial charge on any atom is -0.512 e. The molecule has 6 heteroatoms. The van der Waals surface area contributed by atoms with Gasteiger partial charge in [0.2, 0.25) is 0 Å². The molecule has 0 unspecified atom stereocenters. The van der Waals surface area contributed by atoms with E-state index in [0.29, 0.717) is 0 Å². The van der Waals surface area contributed by atoms with E-state index >= 15 is 0 Å². The van der Waals surface area contributed by atoms with Crippen molar-refractivity contribution in [2.24, 2.45) is 11.8 Å². The van der Waals surface area contributed by atoms with Gasteiger partial charge >= 0.3 is 0 Å². The fourth-order valence-corrected chi connectivity index (χ4v) is 6.67. The number of benzene rings is 4. The first-order chi connectivity index (χ1) is 20.9. The number of hydrogen-bond acceptors (Lipinski definition) is 4. The van der Waals surface area contributed by atoms with E-state index in [2.05, 4.69) is 98.5 Å². The van der Waals surface area contributed by atoms with Gasteiger partial charge in [-0.1, -0.05) is 119 Å². The predicted octanol–water partition coefficient (Wildman–Crippen LogP) is 10.1. The van der Waals surface area contributed by atoms with Crippen LogP contribution >= 0.6 is 0 Å². The first-order valence-electron chi connectivity index (χ1n) is 15.2. The van der Waals surface area contributed by atoms with Gasteiger partial charge in [-0.25, -0.2) is 0 Å². The molecule has 0 aliphatic heterocycles. The van der Waals surface area contributed by atoms with E-state index in [4.69, 9.17) is 9.40 Å². The van der Waals surface area contributed by atoms with E-state index < -0.39 is 8.07 Å². The van der Waals surface area contributed by atoms with Crippen LogP contribution in [0.25, 0.3) is 55.2 Å². The molecule has 6 rings (SSSR count). The Labute approximate surface area is 280 Å². The third-order valence-electron chi connectivity index (χ3n) is 7.76. The summed E-state index contributed by atoms with van der Waals surface area (Å²) >= 11 is 0. The maximum atomic E-state index is 11.0. The Balaban J connectivity index is 0.000000332. The summed E-state index contributed by atoms with van der Waals surface area (Å²) in [6.45, 7) is 14.5. The summed E-state index contributed by atoms with van der Waals surface area (Å²) in [6.07, 6.45) is 1.31. The number of carbonyl (C=O) groups excluding carboxylic acids is 1. The van der Waals surface area contributed by atoms with E-state index in [1.165, 1.54) is 27.8 Å². The number of rotatable bonds is 6. The van der Waals surface area contributed by atoms with Crippen LogP contribution in [0.15, 0.2) is 107 Å². The number of fused-ring (bicyclic) bond motifs is 4. The van der Waals surface area contributed by atoms with Crippen LogP contribution in [0.5, 0.6) is 0 Å². The Kier molecular flexibility index (Phi) is 10.6. The topological polar surface area (TPSA) is 63.3 Å². The Hall–Kier alpha value is -3.83. The largest absolute Gasteiger partial charge is 0.512 e. The summed E-state index contributed by atoms with van der Waals surface area (Å²) in [5, 5.41) is 14.1. The minimum absolute atomic E-state index is 0. The van der Waals surface area contributed by atoms with Gasteiger partial charge in [0.25, 0.3) is 0 Å². The van der Waals surface area contributed by atoms with Crippen molar-refractivity contribution < 1.29 is 34.4 Å². The van der Waals surface area contributed by atoms with Crippen molar-refractivity contribution in [3.05, 3.63) is 109 Å². The smallest absolute Gasteiger partial charge is 0.161 e. The maximum absolute atomic E-state index is 11.0. The minimum atomic E-state index is -1.64. The molecule has 0 atom stereocenters. The van der Waals surface area contributed by atoms with Crippen molar-refractivity contribution >= 4 is 51.9 Å². The molecule has 1 N–H and O–H groups in total. The summed E-state index contributed by atoms with van der Waals surface area (Å²) in [6, 6.07) is 35.2. The number of carbonyl (C=O) groups is 1. The van der Waals surface area contributed by atoms with Crippen LogP contribution in [0.2, 0.25) is 19.6 Å². The third-order valence-corrected chi connectivity index (χ3v) is 9.79. The molecule has 2 heterocycles. The van der Waals surface area contributed by atoms with Crippen LogP contribution < -0.4 is 5.19 Å². The molecule has 6 aromatic rings. The SMILES string of the molecule is CC(C)C(=O)/C=C(\O)C(C)C.C[Si](C)(C)c1cc(-c2[c-]cc3oc4ccccc4c3c2)nc2ccc(-c3ccccc3)cc12.[Ir]. The number of aromatic nitrogens is 1. The molecule has 45 heavy (non-hydrogen) atoms. The van der Waals surface area contributed by atoms with Gasteiger partial charge < -0.3 is 9.52 Å². The molecule has 0 amide bonds. The number of furan rings is 1. The Bertz CT molecular complexity index is 1990. The predicted molar refractivity (Wildman–Crippen MR) is 187 cm³/mol. The van der Waals surface area contributed by atoms with E-state index in [0.717, 1.165) is 38.7 Å². The van der Waals surface area contributed by atoms with Gasteiger partial charge in [0.05, 0.1) is 24.9 Å². The normalized spacial score (nSPS) is 12.0. The standard InChI is InChI=1S/C30H24NOSi.C9H16O2.Ir/c1-33(2,3)30-19-27(22-14-16-29-24(18-22)23-11-7-8-12-28(23)32-29)31-26-15-13-21(17-25(26)30)20-9-5-4-6-10-20;1-6(2)8(10)5-9(11)7(3)4;/h4-13,15-19H,1-3H3;5-7,10H,1-4H3;/q-1;;/b;8-5-;. The van der Waals surface area contributed by atoms with Gasteiger partial charge in [0.1, 0.15) is 5.58 Å². The third kappa shape index (κ3) is 7.70. The first kappa shape index (κ1) is 34.0. The molecule has 0 fully saturated rings. The number of ketones is 1. The average molecular weight is 791 g/mol. The number of hydrogen-bond donors (Lipinski definition) is 1. The van der Waals surface area contributed by atoms with Crippen molar-refractivity contribution in [3.8, 4) is 22.4 Å². The fraction of sp³-hybridized carbons (Fsp3) is 0.231. The van der Waals surface area contributed by atoms with Gasteiger partial charge in [0.15, 0.2) is 5.78 Å². The number of aliphatic hydroxyl groups is 1. The zero-order valence-corrected chi connectivity index (χ0v) is 30.3. The number of aliphatic hydroxyl groups excluding tert-OH is 1. The zero-order valence-electron chi connectivity index (χ0n) is 26.9. The average Bonchev–Trinajstić information content (AvgIpc) is 3.38. The summed E-state index contributed by atoms with van der Waals surface area (Å²) < 4.78 is 6.00. The van der Waals surface area contributed by atoms with Crippen molar-refractivity contribution in [1.29, 1.82) is 0 Å². The molecule has 0 saturated heterocycles. The molecule has 0 aliphatic carbocycles. The Morgan fingerprint density at radius 2 is 1.49 bits per heavy atom. The molecular weight excluding hydrogens is 751 g/mol. The summed E-state index contributed by atoms with van der Waals surface area (Å²) in [5.74, 6) is 0.161. The van der Waals surface area contributed by atoms with Gasteiger partial charge in [-0.15, -0.1) is 23.8 Å². The Morgan fingerprint density at radius 3 is 2.16 bits per heavy atom. The van der Waals surface area contributed by atoms with Gasteiger partial charge in [0, 0.05) is 43.4 Å². The molecule has 0 bridgehead atoms. The molecule has 4 nitrogen and oxygen atoms in total. The van der Waals surface area contributed by atoms with E-state index in [9.17, 15) is 9.90 Å². The number of pyridine rings is 1. The van der Waals surface area contributed by atoms with Crippen molar-refractivity contribution in [1.82, 2.24) is 4.98 Å². The summed E-state index contributed by atoms with van der Waals surface area (Å²) in [7, 11) is -1.64. The molecule has 233 valence electrons. The van der Waals surface area contributed by atoms with Crippen LogP contribution in [0.3, 0.4) is 0 Å². The molecule has 0 aliphatic rings. The quantitative estimate of drug-likeness (QED) is 0.0790. The molecular formula is C39H40IrNO3Si-. The van der Waals surface area contributed by atoms with Crippen molar-refractivity contribution in [2.45, 2.75) is 47.3 Å². The number of para-hydroxylation sites is 1. The molecule has 2 aromatic heterocycles. The second-order valence-electron chi connectivity index (χ2n) is 12.9. The Morgan fingerprint density at radius 1 is 0.800 bits per heavy atom. The van der Waals surface area contributed by atoms with Crippen LogP contribution in [-0.2, 0) is 24.9 Å². The summed E-state index contributed by atoms with van der Waals surface area (Å²) in [4.78, 5) is 16.1. The zero-order chi connectivity index (χ0) is 31.6. The number of nitrogens with zero attached hydrogens (tertiary/aromatic N) is 1. The first-order valence-corrected chi connectivity index (χ1v) is 18.7. The van der Waals surface area contributed by atoms with E-state index in [-0.39, 0.29) is 43.5 Å². The second kappa shape index (κ2) is 14.1. The number of allylic oxidation sites excluding steroid dienone is 2. The van der Waals surface area contributed by atoms with Gasteiger partial charge in [-0.3, -0.25) is 9.78 Å². The monoisotopic (exact) mass is 791 g/mol. The molecule has 4 aromatic carbocycles. The fourth-order valence-electron chi connectivity index (χ4n) is 5.09. The van der Waals surface area contributed by atoms with Crippen LogP contribution in [0, 0.1) is 17.9 Å². The maximum Gasteiger partial charge on any atom is 0.161 e. The van der Waals surface area contributed by atoms with Crippen molar-refractivity contribution in [3.63, 3.8) is 0 Å². The van der Waals surface area contributed by atoms with Crippen molar-refractivity contribution in [2.75, 3.05) is 0 Å². The van der Waals surface area contributed by atoms with Crippen LogP contribution in [-0.4, -0.2) is 23.9 Å². The molecule has 1 radical (unpaired) electrons. The molecule has 0 spiro atoms. The van der Waals surface area contributed by atoms with Gasteiger partial charge in [-0.05, 0) is 40.4 Å². The van der Waals surface area contributed by atoms with Gasteiger partial charge in [-0.2, -0.15) is 0 Å². The van der Waals surface area contributed by atoms with Crippen LogP contribution in [0.1, 0.15) is 27.7 Å².